The van der Waals surface area contributed by atoms with Crippen LogP contribution in [0.25, 0.3) is 11.1 Å². The molecule has 0 atom stereocenters. The Hall–Kier alpha value is -3.55. The van der Waals surface area contributed by atoms with Crippen molar-refractivity contribution >= 4 is 46.9 Å². The Morgan fingerprint density at radius 3 is 2.49 bits per heavy atom. The van der Waals surface area contributed by atoms with Gasteiger partial charge in [0, 0.05) is 24.2 Å². The average molecular weight is 583 g/mol. The second-order valence-electron chi connectivity index (χ2n) is 8.72. The maximum atomic E-state index is 12.4. The smallest absolute Gasteiger partial charge is 0.271 e. The molecule has 0 saturated carbocycles. The maximum absolute atomic E-state index is 12.4. The number of phenols is 1. The maximum Gasteiger partial charge on any atom is 0.271 e. The van der Waals surface area contributed by atoms with E-state index < -0.39 is 5.91 Å². The fourth-order valence-electron chi connectivity index (χ4n) is 3.89. The van der Waals surface area contributed by atoms with Crippen molar-refractivity contribution in [1.82, 2.24) is 10.7 Å². The molecule has 3 N–H and O–H groups in total. The summed E-state index contributed by atoms with van der Waals surface area (Å²) in [6.45, 7) is 3.70. The lowest BCUT2D eigenvalue weighted by molar-refractivity contribution is 0.0955. The van der Waals surface area contributed by atoms with Crippen molar-refractivity contribution in [2.75, 3.05) is 13.2 Å². The predicted octanol–water partition coefficient (Wildman–Crippen LogP) is 7.26. The number of amides is 1. The summed E-state index contributed by atoms with van der Waals surface area (Å²) in [7, 11) is 0. The molecule has 0 unspecified atom stereocenters. The van der Waals surface area contributed by atoms with Crippen LogP contribution in [-0.4, -0.2) is 30.4 Å². The second kappa shape index (κ2) is 13.5. The number of hydrogen-bond acceptors (Lipinski definition) is 5. The van der Waals surface area contributed by atoms with Crippen molar-refractivity contribution in [2.45, 2.75) is 13.5 Å². The molecule has 1 amide bonds. The van der Waals surface area contributed by atoms with Crippen molar-refractivity contribution < 1.29 is 14.6 Å². The Balaban J connectivity index is 1.44. The normalized spacial score (nSPS) is 11.1. The summed E-state index contributed by atoms with van der Waals surface area (Å²) < 4.78 is 6.22. The van der Waals surface area contributed by atoms with E-state index in [2.05, 4.69) is 15.8 Å². The Morgan fingerprint density at radius 1 is 0.949 bits per heavy atom. The SMILES string of the molecule is Cc1cc(/C=N\NC(=O)c2ccc(O)c(Cl)c2)cc(-c2ccccc2)c1OCCNCc1ccc(Cl)c(Cl)c1. The van der Waals surface area contributed by atoms with E-state index in [4.69, 9.17) is 39.5 Å². The number of nitrogens with one attached hydrogen (secondary N) is 2. The van der Waals surface area contributed by atoms with Crippen LogP contribution in [-0.2, 0) is 6.54 Å². The quantitative estimate of drug-likeness (QED) is 0.104. The molecule has 0 spiro atoms. The van der Waals surface area contributed by atoms with Crippen LogP contribution in [0.1, 0.15) is 27.0 Å². The molecule has 0 saturated heterocycles. The lowest BCUT2D eigenvalue weighted by atomic mass is 9.99. The molecule has 4 aromatic carbocycles. The molecular weight excluding hydrogens is 557 g/mol. The summed E-state index contributed by atoms with van der Waals surface area (Å²) in [6.07, 6.45) is 1.57. The molecule has 0 bridgehead atoms. The highest BCUT2D eigenvalue weighted by Crippen LogP contribution is 2.34. The van der Waals surface area contributed by atoms with Crippen LogP contribution in [0, 0.1) is 6.92 Å². The van der Waals surface area contributed by atoms with Crippen molar-refractivity contribution in [1.29, 1.82) is 0 Å². The van der Waals surface area contributed by atoms with Crippen LogP contribution in [0.4, 0.5) is 0 Å². The first-order valence-electron chi connectivity index (χ1n) is 12.1. The zero-order valence-electron chi connectivity index (χ0n) is 21.0. The zero-order chi connectivity index (χ0) is 27.8. The number of hydrogen-bond donors (Lipinski definition) is 3. The number of carbonyl (C=O) groups excluding carboxylic acids is 1. The van der Waals surface area contributed by atoms with E-state index in [0.717, 1.165) is 33.6 Å². The molecule has 200 valence electrons. The molecule has 0 radical (unpaired) electrons. The van der Waals surface area contributed by atoms with E-state index in [-0.39, 0.29) is 16.3 Å². The summed E-state index contributed by atoms with van der Waals surface area (Å²) in [5.74, 6) is 0.240. The van der Waals surface area contributed by atoms with Gasteiger partial charge in [-0.05, 0) is 71.6 Å². The number of benzene rings is 4. The molecule has 0 aliphatic heterocycles. The van der Waals surface area contributed by atoms with E-state index in [1.165, 1.54) is 18.2 Å². The van der Waals surface area contributed by atoms with Crippen molar-refractivity contribution in [2.24, 2.45) is 5.10 Å². The van der Waals surface area contributed by atoms with Crippen LogP contribution >= 0.6 is 34.8 Å². The minimum atomic E-state index is -0.443. The van der Waals surface area contributed by atoms with Gasteiger partial charge >= 0.3 is 0 Å². The Bertz CT molecular complexity index is 1490. The Kier molecular flexibility index (Phi) is 9.85. The van der Waals surface area contributed by atoms with Crippen LogP contribution in [0.5, 0.6) is 11.5 Å². The first kappa shape index (κ1) is 28.5. The van der Waals surface area contributed by atoms with Gasteiger partial charge in [-0.25, -0.2) is 5.43 Å². The second-order valence-corrected chi connectivity index (χ2v) is 9.94. The van der Waals surface area contributed by atoms with Gasteiger partial charge in [0.2, 0.25) is 0 Å². The number of hydrazone groups is 1. The molecule has 0 fully saturated rings. The van der Waals surface area contributed by atoms with E-state index in [1.807, 2.05) is 61.5 Å². The number of aromatic hydroxyl groups is 1. The number of aryl methyl sites for hydroxylation is 1. The molecule has 0 aliphatic carbocycles. The molecule has 4 rings (SSSR count). The van der Waals surface area contributed by atoms with Gasteiger partial charge in [-0.3, -0.25) is 4.79 Å². The fraction of sp³-hybridized carbons (Fsp3) is 0.133. The van der Waals surface area contributed by atoms with Crippen LogP contribution in [0.2, 0.25) is 15.1 Å². The van der Waals surface area contributed by atoms with E-state index in [1.54, 1.807) is 12.3 Å². The summed E-state index contributed by atoms with van der Waals surface area (Å²) >= 11 is 18.0. The van der Waals surface area contributed by atoms with Gasteiger partial charge in [-0.2, -0.15) is 5.10 Å². The van der Waals surface area contributed by atoms with Crippen LogP contribution in [0.15, 0.2) is 84.0 Å². The van der Waals surface area contributed by atoms with Crippen molar-refractivity contribution in [3.05, 3.63) is 116 Å². The molecule has 9 heteroatoms. The number of carbonyl (C=O) groups is 1. The minimum Gasteiger partial charge on any atom is -0.506 e. The number of nitrogens with zero attached hydrogens (tertiary/aromatic N) is 1. The summed E-state index contributed by atoms with van der Waals surface area (Å²) in [5.41, 5.74) is 7.45. The number of halogens is 3. The first-order chi connectivity index (χ1) is 18.8. The highest BCUT2D eigenvalue weighted by Gasteiger charge is 2.12. The molecular formula is C30H26Cl3N3O3. The number of rotatable bonds is 10. The van der Waals surface area contributed by atoms with E-state index >= 15 is 0 Å². The van der Waals surface area contributed by atoms with Crippen molar-refractivity contribution in [3.8, 4) is 22.6 Å². The standard InChI is InChI=1S/C30H26Cl3N3O3/c1-19-13-21(18-35-36-30(38)23-8-10-28(37)27(33)16-23)14-24(22-5-3-2-4-6-22)29(19)39-12-11-34-17-20-7-9-25(31)26(32)15-20/h2-10,13-16,18,34,37H,11-12,17H2,1H3,(H,36,38)/b35-18-. The predicted molar refractivity (Wildman–Crippen MR) is 158 cm³/mol. The van der Waals surface area contributed by atoms with Gasteiger partial charge in [0.1, 0.15) is 18.1 Å². The van der Waals surface area contributed by atoms with Gasteiger partial charge in [-0.1, -0.05) is 71.2 Å². The van der Waals surface area contributed by atoms with Gasteiger partial charge in [-0.15, -0.1) is 0 Å². The van der Waals surface area contributed by atoms with Crippen LogP contribution < -0.4 is 15.5 Å². The third kappa shape index (κ3) is 7.74. The van der Waals surface area contributed by atoms with Gasteiger partial charge < -0.3 is 15.2 Å². The van der Waals surface area contributed by atoms with Crippen LogP contribution in [0.3, 0.4) is 0 Å². The van der Waals surface area contributed by atoms with Gasteiger partial charge in [0.15, 0.2) is 0 Å². The third-order valence-corrected chi connectivity index (χ3v) is 6.85. The third-order valence-electron chi connectivity index (χ3n) is 5.81. The minimum absolute atomic E-state index is 0.0924. The average Bonchev–Trinajstić information content (AvgIpc) is 2.93. The first-order valence-corrected chi connectivity index (χ1v) is 13.2. The Labute approximate surface area is 242 Å². The topological polar surface area (TPSA) is 83.0 Å². The fourth-order valence-corrected chi connectivity index (χ4v) is 4.39. The van der Waals surface area contributed by atoms with Crippen molar-refractivity contribution in [3.63, 3.8) is 0 Å². The zero-order valence-corrected chi connectivity index (χ0v) is 23.3. The molecule has 4 aromatic rings. The molecule has 0 aliphatic rings. The van der Waals surface area contributed by atoms with Gasteiger partial charge in [0.05, 0.1) is 21.3 Å². The summed E-state index contributed by atoms with van der Waals surface area (Å²) in [4.78, 5) is 12.4. The highest BCUT2D eigenvalue weighted by atomic mass is 35.5. The highest BCUT2D eigenvalue weighted by molar-refractivity contribution is 6.42. The summed E-state index contributed by atoms with van der Waals surface area (Å²) in [6, 6.07) is 23.6. The van der Waals surface area contributed by atoms with E-state index in [9.17, 15) is 9.90 Å². The largest absolute Gasteiger partial charge is 0.506 e. The lowest BCUT2D eigenvalue weighted by Gasteiger charge is -2.16. The monoisotopic (exact) mass is 581 g/mol. The van der Waals surface area contributed by atoms with E-state index in [0.29, 0.717) is 29.7 Å². The number of ether oxygens (including phenoxy) is 1. The van der Waals surface area contributed by atoms with Gasteiger partial charge in [0.25, 0.3) is 5.91 Å². The number of phenolic OH excluding ortho intramolecular Hbond substituents is 1. The lowest BCUT2D eigenvalue weighted by Crippen LogP contribution is -2.21. The molecule has 6 nitrogen and oxygen atoms in total. The molecule has 0 aromatic heterocycles. The molecule has 39 heavy (non-hydrogen) atoms. The molecule has 0 heterocycles. The summed E-state index contributed by atoms with van der Waals surface area (Å²) in [5, 5.41) is 18.2. The Morgan fingerprint density at radius 2 is 1.74 bits per heavy atom.